The van der Waals surface area contributed by atoms with Gasteiger partial charge in [0.1, 0.15) is 5.82 Å². The quantitative estimate of drug-likeness (QED) is 0.899. The average Bonchev–Trinajstić information content (AvgIpc) is 2.86. The van der Waals surface area contributed by atoms with E-state index in [1.807, 2.05) is 13.8 Å². The van der Waals surface area contributed by atoms with E-state index in [-0.39, 0.29) is 17.8 Å². The Kier molecular flexibility index (Phi) is 4.88. The predicted molar refractivity (Wildman–Crippen MR) is 78.9 cm³/mol. The van der Waals surface area contributed by atoms with Crippen LogP contribution in [-0.4, -0.2) is 22.7 Å². The predicted octanol–water partition coefficient (Wildman–Crippen LogP) is 3.74. The fourth-order valence-electron chi connectivity index (χ4n) is 1.93. The van der Waals surface area contributed by atoms with Crippen LogP contribution >= 0.6 is 15.9 Å². The third kappa shape index (κ3) is 3.43. The van der Waals surface area contributed by atoms with Crippen molar-refractivity contribution in [2.45, 2.75) is 32.7 Å². The highest BCUT2D eigenvalue weighted by Crippen LogP contribution is 2.25. The molecule has 0 saturated heterocycles. The van der Waals surface area contributed by atoms with Gasteiger partial charge in [-0.3, -0.25) is 0 Å². The highest BCUT2D eigenvalue weighted by molar-refractivity contribution is 9.10. The molecule has 0 aliphatic carbocycles. The smallest absolute Gasteiger partial charge is 0.231 e. The largest absolute Gasteiger partial charge is 0.339 e. The van der Waals surface area contributed by atoms with Gasteiger partial charge in [0, 0.05) is 16.1 Å². The third-order valence-corrected chi connectivity index (χ3v) is 3.69. The molecule has 2 rings (SSSR count). The first-order valence-corrected chi connectivity index (χ1v) is 7.34. The molecular formula is C14H17BrFN3O. The fraction of sp³-hybridized carbons (Fsp3) is 0.429. The SMILES string of the molecule is CCNC(C)C(C)c1nc(-c2cc(F)cc(Br)c2)no1. The zero-order valence-electron chi connectivity index (χ0n) is 11.7. The number of halogens is 2. The highest BCUT2D eigenvalue weighted by Gasteiger charge is 2.20. The van der Waals surface area contributed by atoms with Crippen molar-refractivity contribution >= 4 is 15.9 Å². The zero-order valence-corrected chi connectivity index (χ0v) is 13.2. The van der Waals surface area contributed by atoms with Crippen molar-refractivity contribution in [3.8, 4) is 11.4 Å². The Bertz CT molecular complexity index is 567. The Hall–Kier alpha value is -1.27. The van der Waals surface area contributed by atoms with E-state index in [9.17, 15) is 4.39 Å². The van der Waals surface area contributed by atoms with Gasteiger partial charge >= 0.3 is 0 Å². The summed E-state index contributed by atoms with van der Waals surface area (Å²) in [5, 5.41) is 7.25. The van der Waals surface area contributed by atoms with E-state index in [0.29, 0.717) is 21.8 Å². The minimum absolute atomic E-state index is 0.0909. The molecule has 0 aliphatic rings. The minimum Gasteiger partial charge on any atom is -0.339 e. The Morgan fingerprint density at radius 3 is 2.75 bits per heavy atom. The second-order valence-corrected chi connectivity index (χ2v) is 5.67. The molecule has 6 heteroatoms. The van der Waals surface area contributed by atoms with Crippen LogP contribution in [0.3, 0.4) is 0 Å². The summed E-state index contributed by atoms with van der Waals surface area (Å²) in [7, 11) is 0. The van der Waals surface area contributed by atoms with Gasteiger partial charge in [-0.05, 0) is 31.7 Å². The molecule has 0 spiro atoms. The van der Waals surface area contributed by atoms with Crippen molar-refractivity contribution in [1.82, 2.24) is 15.5 Å². The van der Waals surface area contributed by atoms with Gasteiger partial charge in [0.15, 0.2) is 0 Å². The maximum absolute atomic E-state index is 13.4. The summed E-state index contributed by atoms with van der Waals surface area (Å²) in [5.41, 5.74) is 0.593. The summed E-state index contributed by atoms with van der Waals surface area (Å²) < 4.78 is 19.3. The fourth-order valence-corrected chi connectivity index (χ4v) is 2.40. The molecule has 1 aromatic carbocycles. The monoisotopic (exact) mass is 341 g/mol. The van der Waals surface area contributed by atoms with Crippen molar-refractivity contribution in [3.05, 3.63) is 34.4 Å². The summed E-state index contributed by atoms with van der Waals surface area (Å²) in [6, 6.07) is 4.77. The second kappa shape index (κ2) is 6.45. The van der Waals surface area contributed by atoms with E-state index < -0.39 is 0 Å². The standard InChI is InChI=1S/C14H17BrFN3O/c1-4-17-9(3)8(2)14-18-13(19-20-14)10-5-11(15)7-12(16)6-10/h5-9,17H,4H2,1-3H3. The van der Waals surface area contributed by atoms with Crippen LogP contribution in [0.1, 0.15) is 32.6 Å². The van der Waals surface area contributed by atoms with E-state index in [0.717, 1.165) is 6.54 Å². The average molecular weight is 342 g/mol. The van der Waals surface area contributed by atoms with Crippen LogP contribution < -0.4 is 5.32 Å². The van der Waals surface area contributed by atoms with E-state index in [1.54, 1.807) is 6.07 Å². The number of benzene rings is 1. The highest BCUT2D eigenvalue weighted by atomic mass is 79.9. The van der Waals surface area contributed by atoms with E-state index in [1.165, 1.54) is 12.1 Å². The van der Waals surface area contributed by atoms with Crippen molar-refractivity contribution in [3.63, 3.8) is 0 Å². The van der Waals surface area contributed by atoms with Gasteiger partial charge in [-0.2, -0.15) is 4.98 Å². The number of hydrogen-bond donors (Lipinski definition) is 1. The molecule has 2 atom stereocenters. The van der Waals surface area contributed by atoms with Crippen LogP contribution in [0.2, 0.25) is 0 Å². The molecule has 2 aromatic rings. The summed E-state index contributed by atoms with van der Waals surface area (Å²) in [6.07, 6.45) is 0. The molecule has 1 aromatic heterocycles. The molecule has 20 heavy (non-hydrogen) atoms. The van der Waals surface area contributed by atoms with Crippen LogP contribution in [0.25, 0.3) is 11.4 Å². The first kappa shape index (κ1) is 15.1. The van der Waals surface area contributed by atoms with Crippen LogP contribution in [0.5, 0.6) is 0 Å². The van der Waals surface area contributed by atoms with Gasteiger partial charge in [0.05, 0.1) is 5.92 Å². The number of aromatic nitrogens is 2. The molecule has 0 fully saturated rings. The molecule has 0 saturated carbocycles. The molecule has 0 aliphatic heterocycles. The Labute approximate surface area is 125 Å². The first-order valence-electron chi connectivity index (χ1n) is 6.54. The van der Waals surface area contributed by atoms with Gasteiger partial charge in [-0.1, -0.05) is 34.9 Å². The Morgan fingerprint density at radius 2 is 2.10 bits per heavy atom. The Morgan fingerprint density at radius 1 is 1.35 bits per heavy atom. The summed E-state index contributed by atoms with van der Waals surface area (Å²) in [5.74, 6) is 0.701. The van der Waals surface area contributed by atoms with Gasteiger partial charge in [-0.25, -0.2) is 4.39 Å². The minimum atomic E-state index is -0.338. The molecule has 1 N–H and O–H groups in total. The van der Waals surface area contributed by atoms with Crippen LogP contribution in [-0.2, 0) is 0 Å². The zero-order chi connectivity index (χ0) is 14.7. The summed E-state index contributed by atoms with van der Waals surface area (Å²) in [4.78, 5) is 4.36. The third-order valence-electron chi connectivity index (χ3n) is 3.23. The lowest BCUT2D eigenvalue weighted by atomic mass is 10.0. The molecule has 108 valence electrons. The molecule has 0 radical (unpaired) electrons. The van der Waals surface area contributed by atoms with Crippen molar-refractivity contribution in [2.24, 2.45) is 0 Å². The van der Waals surface area contributed by atoms with Gasteiger partial charge in [0.2, 0.25) is 11.7 Å². The normalized spacial score (nSPS) is 14.2. The molecule has 0 amide bonds. The second-order valence-electron chi connectivity index (χ2n) is 4.75. The molecule has 4 nitrogen and oxygen atoms in total. The lowest BCUT2D eigenvalue weighted by molar-refractivity contribution is 0.332. The number of hydrogen-bond acceptors (Lipinski definition) is 4. The topological polar surface area (TPSA) is 51.0 Å². The van der Waals surface area contributed by atoms with E-state index in [4.69, 9.17) is 4.52 Å². The van der Waals surface area contributed by atoms with E-state index >= 15 is 0 Å². The van der Waals surface area contributed by atoms with Gasteiger partial charge in [-0.15, -0.1) is 0 Å². The number of nitrogens with one attached hydrogen (secondary N) is 1. The van der Waals surface area contributed by atoms with Gasteiger partial charge < -0.3 is 9.84 Å². The number of nitrogens with zero attached hydrogens (tertiary/aromatic N) is 2. The van der Waals surface area contributed by atoms with E-state index in [2.05, 4.69) is 38.3 Å². The first-order chi connectivity index (χ1) is 9.51. The Balaban J connectivity index is 2.24. The number of rotatable bonds is 5. The molecular weight excluding hydrogens is 325 g/mol. The van der Waals surface area contributed by atoms with Gasteiger partial charge in [0.25, 0.3) is 0 Å². The lowest BCUT2D eigenvalue weighted by Crippen LogP contribution is -2.30. The molecule has 1 heterocycles. The summed E-state index contributed by atoms with van der Waals surface area (Å²) in [6.45, 7) is 7.01. The van der Waals surface area contributed by atoms with Crippen LogP contribution in [0, 0.1) is 5.82 Å². The van der Waals surface area contributed by atoms with Crippen molar-refractivity contribution in [1.29, 1.82) is 0 Å². The van der Waals surface area contributed by atoms with Crippen LogP contribution in [0.15, 0.2) is 27.2 Å². The molecule has 2 unspecified atom stereocenters. The van der Waals surface area contributed by atoms with Crippen LogP contribution in [0.4, 0.5) is 4.39 Å². The van der Waals surface area contributed by atoms with Crippen molar-refractivity contribution < 1.29 is 8.91 Å². The maximum atomic E-state index is 13.4. The lowest BCUT2D eigenvalue weighted by Gasteiger charge is -2.16. The number of likely N-dealkylation sites (N-methyl/N-ethyl adjacent to an activating group) is 1. The van der Waals surface area contributed by atoms with Crippen molar-refractivity contribution in [2.75, 3.05) is 6.54 Å². The summed E-state index contributed by atoms with van der Waals surface area (Å²) >= 11 is 3.25. The molecule has 0 bridgehead atoms. The maximum Gasteiger partial charge on any atom is 0.231 e.